The second kappa shape index (κ2) is 7.32. The van der Waals surface area contributed by atoms with Crippen molar-refractivity contribution in [1.29, 1.82) is 0 Å². The number of amides is 1. The second-order valence-corrected chi connectivity index (χ2v) is 6.89. The lowest BCUT2D eigenvalue weighted by atomic mass is 9.89. The molecule has 5 nitrogen and oxygen atoms in total. The number of hydrogen-bond donors (Lipinski definition) is 2. The van der Waals surface area contributed by atoms with Gasteiger partial charge in [-0.05, 0) is 43.9 Å². The van der Waals surface area contributed by atoms with E-state index in [1.54, 1.807) is 12.1 Å². The van der Waals surface area contributed by atoms with Crippen LogP contribution in [0, 0.1) is 18.8 Å². The molecule has 0 saturated carbocycles. The Hall–Kier alpha value is -1.59. The Morgan fingerprint density at radius 1 is 1.39 bits per heavy atom. The van der Waals surface area contributed by atoms with Crippen LogP contribution < -0.4 is 5.32 Å². The average molecular weight is 339 g/mol. The second-order valence-electron chi connectivity index (χ2n) is 6.45. The van der Waals surface area contributed by atoms with Gasteiger partial charge in [-0.15, -0.1) is 0 Å². The van der Waals surface area contributed by atoms with Gasteiger partial charge < -0.3 is 10.4 Å². The predicted octanol–water partition coefficient (Wildman–Crippen LogP) is 3.02. The number of piperidine rings is 1. The zero-order valence-electron chi connectivity index (χ0n) is 13.7. The number of hydrogen-bond acceptors (Lipinski definition) is 3. The van der Waals surface area contributed by atoms with E-state index in [1.807, 2.05) is 31.7 Å². The quantitative estimate of drug-likeness (QED) is 0.885. The van der Waals surface area contributed by atoms with E-state index in [-0.39, 0.29) is 11.8 Å². The van der Waals surface area contributed by atoms with Crippen LogP contribution in [0.1, 0.15) is 25.8 Å². The number of rotatable bonds is 4. The molecule has 1 saturated heterocycles. The zero-order valence-corrected chi connectivity index (χ0v) is 14.4. The first-order chi connectivity index (χ1) is 10.8. The molecule has 1 aromatic rings. The summed E-state index contributed by atoms with van der Waals surface area (Å²) in [5.41, 5.74) is 1.62. The molecule has 0 aromatic heterocycles. The monoisotopic (exact) mass is 338 g/mol. The number of benzene rings is 1. The number of anilines is 1. The molecule has 1 amide bonds. The van der Waals surface area contributed by atoms with Crippen LogP contribution in [0.5, 0.6) is 0 Å². The first kappa shape index (κ1) is 17.8. The molecular weight excluding hydrogens is 316 g/mol. The van der Waals surface area contributed by atoms with Crippen molar-refractivity contribution in [3.05, 3.63) is 28.8 Å². The molecule has 0 bridgehead atoms. The maximum Gasteiger partial charge on any atom is 0.307 e. The summed E-state index contributed by atoms with van der Waals surface area (Å²) in [5, 5.41) is 12.7. The van der Waals surface area contributed by atoms with Crippen molar-refractivity contribution in [2.45, 2.75) is 33.2 Å². The van der Waals surface area contributed by atoms with Crippen LogP contribution in [-0.2, 0) is 9.59 Å². The summed E-state index contributed by atoms with van der Waals surface area (Å²) in [6.45, 7) is 6.87. The molecule has 1 aromatic carbocycles. The lowest BCUT2D eigenvalue weighted by Gasteiger charge is -2.37. The minimum Gasteiger partial charge on any atom is -0.481 e. The molecule has 23 heavy (non-hydrogen) atoms. The Morgan fingerprint density at radius 3 is 2.74 bits per heavy atom. The molecule has 3 unspecified atom stereocenters. The third-order valence-electron chi connectivity index (χ3n) is 4.42. The van der Waals surface area contributed by atoms with Gasteiger partial charge in [0.25, 0.3) is 0 Å². The zero-order chi connectivity index (χ0) is 17.1. The van der Waals surface area contributed by atoms with Crippen molar-refractivity contribution in [3.63, 3.8) is 0 Å². The molecule has 1 heterocycles. The summed E-state index contributed by atoms with van der Waals surface area (Å²) < 4.78 is 0. The van der Waals surface area contributed by atoms with Crippen molar-refractivity contribution >= 4 is 29.2 Å². The summed E-state index contributed by atoms with van der Waals surface area (Å²) in [7, 11) is 0. The minimum atomic E-state index is -0.792. The first-order valence-electron chi connectivity index (χ1n) is 7.81. The Morgan fingerprint density at radius 2 is 2.09 bits per heavy atom. The molecule has 0 aliphatic carbocycles. The lowest BCUT2D eigenvalue weighted by molar-refractivity contribution is -0.145. The lowest BCUT2D eigenvalue weighted by Crippen LogP contribution is -2.50. The summed E-state index contributed by atoms with van der Waals surface area (Å²) >= 11 is 5.97. The number of halogens is 1. The third-order valence-corrected chi connectivity index (χ3v) is 4.66. The van der Waals surface area contributed by atoms with Gasteiger partial charge in [-0.2, -0.15) is 0 Å². The fourth-order valence-corrected chi connectivity index (χ4v) is 3.19. The van der Waals surface area contributed by atoms with Gasteiger partial charge in [0.15, 0.2) is 0 Å². The van der Waals surface area contributed by atoms with E-state index in [0.29, 0.717) is 23.7 Å². The van der Waals surface area contributed by atoms with E-state index < -0.39 is 17.9 Å². The van der Waals surface area contributed by atoms with Crippen LogP contribution in [0.4, 0.5) is 5.69 Å². The van der Waals surface area contributed by atoms with E-state index in [0.717, 1.165) is 12.1 Å². The Bertz CT molecular complexity index is 606. The largest absolute Gasteiger partial charge is 0.481 e. The van der Waals surface area contributed by atoms with Crippen LogP contribution in [0.2, 0.25) is 5.02 Å². The summed E-state index contributed by atoms with van der Waals surface area (Å²) in [6.07, 6.45) is 0.660. The highest BCUT2D eigenvalue weighted by Gasteiger charge is 2.33. The van der Waals surface area contributed by atoms with Crippen LogP contribution in [0.15, 0.2) is 18.2 Å². The van der Waals surface area contributed by atoms with Crippen molar-refractivity contribution in [3.8, 4) is 0 Å². The molecule has 6 heteroatoms. The SMILES string of the molecule is Cc1ccc(Cl)cc1NC(=O)C(C)N1CC(C)CC(C(=O)O)C1. The van der Waals surface area contributed by atoms with Gasteiger partial charge in [-0.25, -0.2) is 0 Å². The molecular formula is C17H23ClN2O3. The summed E-state index contributed by atoms with van der Waals surface area (Å²) in [4.78, 5) is 25.7. The van der Waals surface area contributed by atoms with Crippen LogP contribution >= 0.6 is 11.6 Å². The number of carbonyl (C=O) groups excluding carboxylic acids is 1. The molecule has 126 valence electrons. The van der Waals surface area contributed by atoms with E-state index in [4.69, 9.17) is 11.6 Å². The Labute approximate surface area is 141 Å². The molecule has 2 N–H and O–H groups in total. The van der Waals surface area contributed by atoms with E-state index in [1.165, 1.54) is 0 Å². The van der Waals surface area contributed by atoms with Crippen molar-refractivity contribution in [2.24, 2.45) is 11.8 Å². The van der Waals surface area contributed by atoms with Gasteiger partial charge in [0.2, 0.25) is 5.91 Å². The molecule has 0 spiro atoms. The maximum atomic E-state index is 12.5. The topological polar surface area (TPSA) is 69.6 Å². The fraction of sp³-hybridized carbons (Fsp3) is 0.529. The van der Waals surface area contributed by atoms with Gasteiger partial charge in [-0.1, -0.05) is 24.6 Å². The fourth-order valence-electron chi connectivity index (χ4n) is 3.02. The highest BCUT2D eigenvalue weighted by molar-refractivity contribution is 6.31. The number of carbonyl (C=O) groups is 2. The summed E-state index contributed by atoms with van der Waals surface area (Å²) in [6, 6.07) is 4.96. The molecule has 1 aliphatic rings. The van der Waals surface area contributed by atoms with Crippen molar-refractivity contribution in [2.75, 3.05) is 18.4 Å². The predicted molar refractivity (Wildman–Crippen MR) is 90.8 cm³/mol. The number of likely N-dealkylation sites (tertiary alicyclic amines) is 1. The highest BCUT2D eigenvalue weighted by atomic mass is 35.5. The number of aliphatic carboxylic acids is 1. The number of carboxylic acids is 1. The van der Waals surface area contributed by atoms with Crippen molar-refractivity contribution < 1.29 is 14.7 Å². The van der Waals surface area contributed by atoms with Crippen LogP contribution in [0.3, 0.4) is 0 Å². The molecule has 2 rings (SSSR count). The number of nitrogens with zero attached hydrogens (tertiary/aromatic N) is 1. The van der Waals surface area contributed by atoms with Crippen LogP contribution in [-0.4, -0.2) is 41.0 Å². The number of aryl methyl sites for hydroxylation is 1. The maximum absolute atomic E-state index is 12.5. The highest BCUT2D eigenvalue weighted by Crippen LogP contribution is 2.25. The Kier molecular flexibility index (Phi) is 5.65. The molecule has 1 fully saturated rings. The number of carboxylic acid groups (broad SMARTS) is 1. The summed E-state index contributed by atoms with van der Waals surface area (Å²) in [5.74, 6) is -1.09. The molecule has 3 atom stereocenters. The van der Waals surface area contributed by atoms with E-state index in [9.17, 15) is 14.7 Å². The average Bonchev–Trinajstić information content (AvgIpc) is 2.49. The minimum absolute atomic E-state index is 0.145. The van der Waals surface area contributed by atoms with E-state index in [2.05, 4.69) is 5.32 Å². The smallest absolute Gasteiger partial charge is 0.307 e. The number of nitrogens with one attached hydrogen (secondary N) is 1. The Balaban J connectivity index is 2.06. The van der Waals surface area contributed by atoms with Gasteiger partial charge in [-0.3, -0.25) is 14.5 Å². The van der Waals surface area contributed by atoms with E-state index >= 15 is 0 Å². The van der Waals surface area contributed by atoms with Gasteiger partial charge in [0, 0.05) is 23.8 Å². The third kappa shape index (κ3) is 4.45. The van der Waals surface area contributed by atoms with Crippen molar-refractivity contribution in [1.82, 2.24) is 4.90 Å². The standard InChI is InChI=1S/C17H23ClN2O3/c1-10-6-13(17(22)23)9-20(8-10)12(3)16(21)19-15-7-14(18)5-4-11(15)2/h4-5,7,10,12-13H,6,8-9H2,1-3H3,(H,19,21)(H,22,23). The molecule has 0 radical (unpaired) electrons. The normalized spacial score (nSPS) is 23.3. The first-order valence-corrected chi connectivity index (χ1v) is 8.19. The van der Waals surface area contributed by atoms with Gasteiger partial charge in [0.1, 0.15) is 0 Å². The van der Waals surface area contributed by atoms with Gasteiger partial charge >= 0.3 is 5.97 Å². The molecule has 1 aliphatic heterocycles. The van der Waals surface area contributed by atoms with Crippen LogP contribution in [0.25, 0.3) is 0 Å². The van der Waals surface area contributed by atoms with Gasteiger partial charge in [0.05, 0.1) is 12.0 Å².